The third kappa shape index (κ3) is 12.8. The van der Waals surface area contributed by atoms with E-state index in [0.717, 1.165) is 0 Å². The summed E-state index contributed by atoms with van der Waals surface area (Å²) in [7, 11) is 0. The quantitative estimate of drug-likeness (QED) is 0.294. The molecular formula is C30H45N5O8. The Bertz CT molecular complexity index is 1140. The number of hydrogen-bond acceptors (Lipinski definition) is 8. The molecule has 3 atom stereocenters. The van der Waals surface area contributed by atoms with Crippen LogP contribution in [0.15, 0.2) is 24.3 Å². The average Bonchev–Trinajstić information content (AvgIpc) is 2.93. The first-order valence-electron chi connectivity index (χ1n) is 14.7. The number of carbonyl (C=O) groups excluding carboxylic acids is 6. The molecule has 5 N–H and O–H groups in total. The molecule has 13 nitrogen and oxygen atoms in total. The van der Waals surface area contributed by atoms with E-state index in [1.807, 2.05) is 13.8 Å². The Morgan fingerprint density at radius 2 is 1.65 bits per heavy atom. The summed E-state index contributed by atoms with van der Waals surface area (Å²) in [5.41, 5.74) is 0.602. The van der Waals surface area contributed by atoms with Crippen LogP contribution < -0.4 is 26.0 Å². The van der Waals surface area contributed by atoms with Crippen molar-refractivity contribution >= 4 is 35.3 Å². The number of amides is 5. The van der Waals surface area contributed by atoms with E-state index < -0.39 is 47.6 Å². The average molecular weight is 604 g/mol. The Labute approximate surface area is 252 Å². The zero-order valence-corrected chi connectivity index (χ0v) is 25.4. The van der Waals surface area contributed by atoms with Gasteiger partial charge in [-0.3, -0.25) is 28.8 Å². The van der Waals surface area contributed by atoms with Crippen molar-refractivity contribution in [1.29, 1.82) is 0 Å². The van der Waals surface area contributed by atoms with E-state index in [-0.39, 0.29) is 51.0 Å². The normalized spacial score (nSPS) is 21.3. The Balaban J connectivity index is 2.23. The smallest absolute Gasteiger partial charge is 0.289 e. The predicted molar refractivity (Wildman–Crippen MR) is 158 cm³/mol. The number of benzene rings is 1. The van der Waals surface area contributed by atoms with Crippen molar-refractivity contribution in [2.45, 2.75) is 78.0 Å². The molecule has 0 saturated heterocycles. The molecule has 0 spiro atoms. The fourth-order valence-corrected chi connectivity index (χ4v) is 4.52. The van der Waals surface area contributed by atoms with Gasteiger partial charge in [0, 0.05) is 33.1 Å². The number of aliphatic hydroxyl groups excluding tert-OH is 1. The monoisotopic (exact) mass is 603 g/mol. The summed E-state index contributed by atoms with van der Waals surface area (Å²) in [6.07, 6.45) is 0.408. The van der Waals surface area contributed by atoms with Gasteiger partial charge < -0.3 is 36.0 Å². The van der Waals surface area contributed by atoms with Gasteiger partial charge in [-0.2, -0.15) is 0 Å². The SMILES string of the molecule is CC(=O)C(=O)N1CCCCNC(=O)[C@H]([C@@H](C)O)NC(=O)[C@@H](CC(C)C)NC(=O)Cc2cccc(c2)OCC(=O)NCCC1. The van der Waals surface area contributed by atoms with E-state index in [9.17, 15) is 33.9 Å². The molecule has 5 amide bonds. The molecule has 0 aromatic heterocycles. The lowest BCUT2D eigenvalue weighted by Gasteiger charge is -2.26. The first-order chi connectivity index (χ1) is 20.4. The minimum Gasteiger partial charge on any atom is -0.484 e. The summed E-state index contributed by atoms with van der Waals surface area (Å²) in [6, 6.07) is 4.49. The number of carbonyl (C=O) groups is 6. The van der Waals surface area contributed by atoms with Crippen molar-refractivity contribution in [2.75, 3.05) is 32.8 Å². The van der Waals surface area contributed by atoms with Crippen LogP contribution in [0.5, 0.6) is 5.75 Å². The van der Waals surface area contributed by atoms with E-state index in [1.165, 1.54) is 18.7 Å². The van der Waals surface area contributed by atoms with Gasteiger partial charge >= 0.3 is 0 Å². The molecule has 0 unspecified atom stereocenters. The van der Waals surface area contributed by atoms with Crippen LogP contribution in [0.1, 0.15) is 58.9 Å². The molecule has 0 radical (unpaired) electrons. The topological polar surface area (TPSA) is 183 Å². The highest BCUT2D eigenvalue weighted by Crippen LogP contribution is 2.14. The second-order valence-corrected chi connectivity index (χ2v) is 11.1. The maximum atomic E-state index is 13.2. The first kappa shape index (κ1) is 35.2. The van der Waals surface area contributed by atoms with Crippen molar-refractivity contribution in [3.63, 3.8) is 0 Å². The van der Waals surface area contributed by atoms with Gasteiger partial charge in [-0.15, -0.1) is 0 Å². The van der Waals surface area contributed by atoms with E-state index in [2.05, 4.69) is 21.3 Å². The Hall–Kier alpha value is -4.00. The molecular weight excluding hydrogens is 558 g/mol. The number of ketones is 1. The number of ether oxygens (including phenoxy) is 1. The van der Waals surface area contributed by atoms with E-state index >= 15 is 0 Å². The van der Waals surface area contributed by atoms with Crippen LogP contribution in [0.3, 0.4) is 0 Å². The molecule has 238 valence electrons. The summed E-state index contributed by atoms with van der Waals surface area (Å²) in [5, 5.41) is 21.0. The third-order valence-electron chi connectivity index (χ3n) is 6.72. The summed E-state index contributed by atoms with van der Waals surface area (Å²) < 4.78 is 5.58. The van der Waals surface area contributed by atoms with Gasteiger partial charge in [-0.05, 0) is 56.2 Å². The van der Waals surface area contributed by atoms with Crippen LogP contribution in [0.25, 0.3) is 0 Å². The molecule has 0 saturated carbocycles. The Morgan fingerprint density at radius 1 is 0.953 bits per heavy atom. The fourth-order valence-electron chi connectivity index (χ4n) is 4.52. The number of nitrogens with zero attached hydrogens (tertiary/aromatic N) is 1. The van der Waals surface area contributed by atoms with Crippen LogP contribution in [-0.2, 0) is 35.2 Å². The lowest BCUT2D eigenvalue weighted by molar-refractivity contribution is -0.143. The van der Waals surface area contributed by atoms with Gasteiger partial charge in [0.25, 0.3) is 11.8 Å². The first-order valence-corrected chi connectivity index (χ1v) is 14.7. The van der Waals surface area contributed by atoms with Crippen molar-refractivity contribution in [3.8, 4) is 5.75 Å². The zero-order chi connectivity index (χ0) is 31.9. The largest absolute Gasteiger partial charge is 0.484 e. The molecule has 1 aromatic carbocycles. The molecule has 43 heavy (non-hydrogen) atoms. The van der Waals surface area contributed by atoms with E-state index in [0.29, 0.717) is 37.0 Å². The molecule has 1 aliphatic rings. The summed E-state index contributed by atoms with van der Waals surface area (Å²) in [6.45, 7) is 7.13. The van der Waals surface area contributed by atoms with E-state index in [4.69, 9.17) is 4.74 Å². The van der Waals surface area contributed by atoms with Gasteiger partial charge in [0.2, 0.25) is 23.5 Å². The number of nitrogens with one attached hydrogen (secondary N) is 4. The minimum absolute atomic E-state index is 0.0408. The number of aliphatic hydroxyl groups is 1. The number of fused-ring (bicyclic) bond motifs is 2. The zero-order valence-electron chi connectivity index (χ0n) is 25.4. The maximum Gasteiger partial charge on any atom is 0.289 e. The summed E-state index contributed by atoms with van der Waals surface area (Å²) in [5.74, 6) is -2.76. The number of Topliss-reactive ketones (excluding diaryl/α,β-unsaturated/α-hetero) is 1. The lowest BCUT2D eigenvalue weighted by atomic mass is 10.0. The molecule has 2 bridgehead atoms. The molecule has 1 aromatic rings. The highest BCUT2D eigenvalue weighted by molar-refractivity contribution is 6.35. The van der Waals surface area contributed by atoms with Crippen LogP contribution in [0.4, 0.5) is 0 Å². The highest BCUT2D eigenvalue weighted by atomic mass is 16.5. The van der Waals surface area contributed by atoms with Crippen LogP contribution in [0.2, 0.25) is 0 Å². The number of rotatable bonds is 4. The van der Waals surface area contributed by atoms with Gasteiger partial charge in [0.05, 0.1) is 12.5 Å². The highest BCUT2D eigenvalue weighted by Gasteiger charge is 2.30. The molecule has 2 rings (SSSR count). The van der Waals surface area contributed by atoms with E-state index in [1.54, 1.807) is 24.3 Å². The van der Waals surface area contributed by atoms with Crippen LogP contribution >= 0.6 is 0 Å². The molecule has 0 aliphatic carbocycles. The predicted octanol–water partition coefficient (Wildman–Crippen LogP) is -0.162. The maximum absolute atomic E-state index is 13.2. The van der Waals surface area contributed by atoms with Crippen molar-refractivity contribution < 1.29 is 38.6 Å². The van der Waals surface area contributed by atoms with Gasteiger partial charge in [-0.25, -0.2) is 0 Å². The lowest BCUT2D eigenvalue weighted by Crippen LogP contribution is -2.57. The third-order valence-corrected chi connectivity index (χ3v) is 6.72. The fraction of sp³-hybridized carbons (Fsp3) is 0.600. The molecule has 13 heteroatoms. The summed E-state index contributed by atoms with van der Waals surface area (Å²) in [4.78, 5) is 76.7. The van der Waals surface area contributed by atoms with Gasteiger partial charge in [0.1, 0.15) is 17.8 Å². The van der Waals surface area contributed by atoms with Crippen LogP contribution in [0, 0.1) is 5.92 Å². The Morgan fingerprint density at radius 3 is 2.33 bits per heavy atom. The molecule has 0 fully saturated rings. The second kappa shape index (κ2) is 17.8. The second-order valence-electron chi connectivity index (χ2n) is 11.1. The standard InChI is InChI=1S/C30H45N5O8/c1-19(2)15-24-28(40)34-27(20(3)36)29(41)32-11-5-6-13-35(30(42)21(4)37)14-8-12-31-26(39)18-43-23-10-7-9-22(16-23)17-25(38)33-24/h7,9-10,16,19-20,24,27,36H,5-6,8,11-15,17-18H2,1-4H3,(H,31,39)(H,32,41)(H,33,38)(H,34,40)/t20-,24-,27+/m1/s1. The van der Waals surface area contributed by atoms with Crippen molar-refractivity contribution in [1.82, 2.24) is 26.2 Å². The number of hydrogen-bond donors (Lipinski definition) is 5. The summed E-state index contributed by atoms with van der Waals surface area (Å²) >= 11 is 0. The van der Waals surface area contributed by atoms with Gasteiger partial charge in [-0.1, -0.05) is 26.0 Å². The Kier molecular flexibility index (Phi) is 14.6. The van der Waals surface area contributed by atoms with Crippen molar-refractivity contribution in [2.24, 2.45) is 5.92 Å². The minimum atomic E-state index is -1.25. The molecule has 1 aliphatic heterocycles. The van der Waals surface area contributed by atoms with Crippen molar-refractivity contribution in [3.05, 3.63) is 29.8 Å². The molecule has 1 heterocycles. The van der Waals surface area contributed by atoms with Gasteiger partial charge in [0.15, 0.2) is 6.61 Å². The van der Waals surface area contributed by atoms with Crippen LogP contribution in [-0.4, -0.2) is 96.3 Å².